The van der Waals surface area contributed by atoms with Crippen LogP contribution in [0.4, 0.5) is 0 Å². The summed E-state index contributed by atoms with van der Waals surface area (Å²) in [6, 6.07) is 6.03. The van der Waals surface area contributed by atoms with Gasteiger partial charge in [-0.3, -0.25) is 0 Å². The molecule has 0 aliphatic heterocycles. The van der Waals surface area contributed by atoms with Crippen molar-refractivity contribution in [2.75, 3.05) is 0 Å². The first kappa shape index (κ1) is 9.75. The van der Waals surface area contributed by atoms with Gasteiger partial charge < -0.3 is 0 Å². The minimum absolute atomic E-state index is 1.06. The summed E-state index contributed by atoms with van der Waals surface area (Å²) in [4.78, 5) is 0. The zero-order valence-electron chi connectivity index (χ0n) is 6.43. The van der Waals surface area contributed by atoms with Crippen molar-refractivity contribution in [2.45, 2.75) is 0 Å². The van der Waals surface area contributed by atoms with Crippen LogP contribution in [0.5, 0.6) is 0 Å². The van der Waals surface area contributed by atoms with Crippen LogP contribution in [0.25, 0.3) is 6.08 Å². The molecule has 0 heterocycles. The Hall–Kier alpha value is -0.340. The van der Waals surface area contributed by atoms with E-state index in [1.165, 1.54) is 0 Å². The quantitative estimate of drug-likeness (QED) is 0.707. The first-order valence-electron chi connectivity index (χ1n) is 3.49. The minimum Gasteiger partial charge on any atom is -0.0991 e. The molecule has 0 aliphatic carbocycles. The van der Waals surface area contributed by atoms with E-state index in [2.05, 4.69) is 38.4 Å². The highest BCUT2D eigenvalue weighted by molar-refractivity contribution is 9.13. The third kappa shape index (κ3) is 2.32. The molecule has 12 heavy (non-hydrogen) atoms. The zero-order valence-corrected chi connectivity index (χ0v) is 9.60. The van der Waals surface area contributed by atoms with Crippen molar-refractivity contribution in [1.82, 2.24) is 0 Å². The molecule has 62 valence electrons. The van der Waals surface area contributed by atoms with E-state index >= 15 is 0 Å². The van der Waals surface area contributed by atoms with E-state index < -0.39 is 0 Å². The topological polar surface area (TPSA) is 0 Å². The monoisotopic (exact) mass is 286 g/mol. The van der Waals surface area contributed by atoms with Crippen LogP contribution in [0.15, 0.2) is 45.9 Å². The second-order valence-corrected chi connectivity index (χ2v) is 3.89. The number of rotatable bonds is 2. The SMILES string of the molecule is C=C/C=C/c1cccc(Br)c1Br. The van der Waals surface area contributed by atoms with E-state index in [0.29, 0.717) is 0 Å². The van der Waals surface area contributed by atoms with Crippen LogP contribution in [-0.2, 0) is 0 Å². The van der Waals surface area contributed by atoms with Gasteiger partial charge in [-0.1, -0.05) is 36.9 Å². The normalized spacial score (nSPS) is 10.5. The molecule has 0 unspecified atom stereocenters. The summed E-state index contributed by atoms with van der Waals surface area (Å²) in [6.07, 6.45) is 5.67. The van der Waals surface area contributed by atoms with Crippen LogP contribution in [0.3, 0.4) is 0 Å². The lowest BCUT2D eigenvalue weighted by Crippen LogP contribution is -1.75. The minimum atomic E-state index is 1.06. The number of hydrogen-bond donors (Lipinski definition) is 0. The van der Waals surface area contributed by atoms with Gasteiger partial charge in [0.15, 0.2) is 0 Å². The van der Waals surface area contributed by atoms with Gasteiger partial charge in [-0.05, 0) is 43.5 Å². The van der Waals surface area contributed by atoms with Crippen molar-refractivity contribution in [3.05, 3.63) is 51.4 Å². The molecule has 0 fully saturated rings. The number of allylic oxidation sites excluding steroid dienone is 2. The Morgan fingerprint density at radius 2 is 2.00 bits per heavy atom. The highest BCUT2D eigenvalue weighted by Crippen LogP contribution is 2.27. The van der Waals surface area contributed by atoms with Crippen LogP contribution in [0, 0.1) is 0 Å². The average Bonchev–Trinajstić information content (AvgIpc) is 2.08. The summed E-state index contributed by atoms with van der Waals surface area (Å²) in [6.45, 7) is 3.61. The molecule has 0 saturated heterocycles. The van der Waals surface area contributed by atoms with E-state index in [-0.39, 0.29) is 0 Å². The molecule has 0 saturated carbocycles. The molecule has 0 nitrogen and oxygen atoms in total. The molecule has 0 N–H and O–H groups in total. The molecular weight excluding hydrogens is 280 g/mol. The second-order valence-electron chi connectivity index (χ2n) is 2.24. The van der Waals surface area contributed by atoms with Crippen LogP contribution in [0.2, 0.25) is 0 Å². The molecule has 0 radical (unpaired) electrons. The second kappa shape index (κ2) is 4.63. The maximum absolute atomic E-state index is 3.61. The number of hydrogen-bond acceptors (Lipinski definition) is 0. The molecule has 1 aromatic carbocycles. The lowest BCUT2D eigenvalue weighted by molar-refractivity contribution is 1.55. The fourth-order valence-electron chi connectivity index (χ4n) is 0.821. The van der Waals surface area contributed by atoms with Gasteiger partial charge in [0.25, 0.3) is 0 Å². The maximum Gasteiger partial charge on any atom is 0.0389 e. The molecule has 0 bridgehead atoms. The largest absolute Gasteiger partial charge is 0.0991 e. The van der Waals surface area contributed by atoms with Gasteiger partial charge in [-0.15, -0.1) is 0 Å². The predicted molar refractivity (Wildman–Crippen MR) is 61.1 cm³/mol. The van der Waals surface area contributed by atoms with Gasteiger partial charge in [0.1, 0.15) is 0 Å². The predicted octanol–water partition coefficient (Wildman–Crippen LogP) is 4.41. The number of halogens is 2. The Kier molecular flexibility index (Phi) is 3.76. The Morgan fingerprint density at radius 3 is 2.67 bits per heavy atom. The van der Waals surface area contributed by atoms with E-state index in [1.807, 2.05) is 30.4 Å². The van der Waals surface area contributed by atoms with Gasteiger partial charge in [0.2, 0.25) is 0 Å². The third-order valence-electron chi connectivity index (χ3n) is 1.39. The molecule has 2 heteroatoms. The molecule has 0 aliphatic rings. The summed E-state index contributed by atoms with van der Waals surface area (Å²) in [5.41, 5.74) is 1.14. The maximum atomic E-state index is 3.61. The summed E-state index contributed by atoms with van der Waals surface area (Å²) >= 11 is 6.91. The molecule has 0 spiro atoms. The van der Waals surface area contributed by atoms with Gasteiger partial charge in [0, 0.05) is 8.95 Å². The van der Waals surface area contributed by atoms with Crippen LogP contribution in [-0.4, -0.2) is 0 Å². The van der Waals surface area contributed by atoms with Crippen molar-refractivity contribution in [3.8, 4) is 0 Å². The van der Waals surface area contributed by atoms with E-state index in [9.17, 15) is 0 Å². The van der Waals surface area contributed by atoms with Crippen molar-refractivity contribution in [2.24, 2.45) is 0 Å². The van der Waals surface area contributed by atoms with E-state index in [0.717, 1.165) is 14.5 Å². The van der Waals surface area contributed by atoms with Crippen molar-refractivity contribution >= 4 is 37.9 Å². The Balaban J connectivity index is 3.07. The zero-order chi connectivity index (χ0) is 8.97. The van der Waals surface area contributed by atoms with Gasteiger partial charge in [0.05, 0.1) is 0 Å². The third-order valence-corrected chi connectivity index (χ3v) is 3.47. The lowest BCUT2D eigenvalue weighted by atomic mass is 10.2. The molecule has 1 rings (SSSR count). The average molecular weight is 288 g/mol. The van der Waals surface area contributed by atoms with Crippen molar-refractivity contribution in [3.63, 3.8) is 0 Å². The first-order valence-corrected chi connectivity index (χ1v) is 5.07. The first-order chi connectivity index (χ1) is 5.75. The number of benzene rings is 1. The van der Waals surface area contributed by atoms with Crippen LogP contribution in [0.1, 0.15) is 5.56 Å². The Labute approximate surface area is 89.2 Å². The highest BCUT2D eigenvalue weighted by atomic mass is 79.9. The van der Waals surface area contributed by atoms with Crippen molar-refractivity contribution in [1.29, 1.82) is 0 Å². The van der Waals surface area contributed by atoms with Gasteiger partial charge in [-0.2, -0.15) is 0 Å². The molecule has 0 aromatic heterocycles. The molecule has 1 aromatic rings. The highest BCUT2D eigenvalue weighted by Gasteiger charge is 1.98. The lowest BCUT2D eigenvalue weighted by Gasteiger charge is -1.99. The smallest absolute Gasteiger partial charge is 0.0389 e. The Morgan fingerprint density at radius 1 is 1.25 bits per heavy atom. The van der Waals surface area contributed by atoms with E-state index in [4.69, 9.17) is 0 Å². The fourth-order valence-corrected chi connectivity index (χ4v) is 1.60. The molecular formula is C10H8Br2. The summed E-state index contributed by atoms with van der Waals surface area (Å²) < 4.78 is 2.14. The van der Waals surface area contributed by atoms with Gasteiger partial charge >= 0.3 is 0 Å². The molecule has 0 amide bonds. The molecule has 0 atom stereocenters. The van der Waals surface area contributed by atoms with E-state index in [1.54, 1.807) is 6.08 Å². The standard InChI is InChI=1S/C10H8Br2/c1-2-3-5-8-6-4-7-9(11)10(8)12/h2-7H,1H2/b5-3+. The van der Waals surface area contributed by atoms with Crippen LogP contribution < -0.4 is 0 Å². The summed E-state index contributed by atoms with van der Waals surface area (Å²) in [5.74, 6) is 0. The fraction of sp³-hybridized carbons (Fsp3) is 0. The Bertz CT molecular complexity index is 314. The summed E-state index contributed by atoms with van der Waals surface area (Å²) in [5, 5.41) is 0. The summed E-state index contributed by atoms with van der Waals surface area (Å²) in [7, 11) is 0. The van der Waals surface area contributed by atoms with Gasteiger partial charge in [-0.25, -0.2) is 0 Å². The van der Waals surface area contributed by atoms with Crippen molar-refractivity contribution < 1.29 is 0 Å². The van der Waals surface area contributed by atoms with Crippen LogP contribution >= 0.6 is 31.9 Å².